The van der Waals surface area contributed by atoms with Gasteiger partial charge >= 0.3 is 0 Å². The van der Waals surface area contributed by atoms with Crippen LogP contribution in [0.15, 0.2) is 75.1 Å². The lowest BCUT2D eigenvalue weighted by molar-refractivity contribution is 0.324. The summed E-state index contributed by atoms with van der Waals surface area (Å²) in [4.78, 5) is 9.11. The molecule has 0 aliphatic carbocycles. The van der Waals surface area contributed by atoms with Crippen LogP contribution in [0.25, 0.3) is 11.0 Å². The van der Waals surface area contributed by atoms with Crippen molar-refractivity contribution in [1.29, 1.82) is 0 Å². The summed E-state index contributed by atoms with van der Waals surface area (Å²) in [7, 11) is 0.519. The Hall–Kier alpha value is -3.37. The first-order valence-corrected chi connectivity index (χ1v) is 12.0. The molecule has 0 fully saturated rings. The molecule has 4 rings (SSSR count). The Labute approximate surface area is 199 Å². The van der Waals surface area contributed by atoms with Crippen molar-refractivity contribution in [2.75, 3.05) is 26.6 Å². The predicted molar refractivity (Wildman–Crippen MR) is 129 cm³/mol. The predicted octanol–water partition coefficient (Wildman–Crippen LogP) is 4.99. The van der Waals surface area contributed by atoms with Gasteiger partial charge < -0.3 is 19.5 Å². The van der Waals surface area contributed by atoms with E-state index in [4.69, 9.17) is 14.2 Å². The van der Waals surface area contributed by atoms with E-state index in [2.05, 4.69) is 31.2 Å². The van der Waals surface area contributed by atoms with Gasteiger partial charge in [0.05, 0.1) is 37.3 Å². The Kier molecular flexibility index (Phi) is 6.39. The molecule has 1 N–H and O–H groups in total. The Balaban J connectivity index is 1.90. The van der Waals surface area contributed by atoms with Crippen LogP contribution >= 0.6 is 15.9 Å². The number of nitrogens with one attached hydrogen (secondary N) is 1. The van der Waals surface area contributed by atoms with E-state index in [0.717, 1.165) is 4.47 Å². The third-order valence-corrected chi connectivity index (χ3v) is 7.06. The minimum atomic E-state index is -3.99. The average Bonchev–Trinajstić information content (AvgIpc) is 2.83. The van der Waals surface area contributed by atoms with Crippen LogP contribution < -0.4 is 19.5 Å². The molecule has 0 amide bonds. The summed E-state index contributed by atoms with van der Waals surface area (Å²) < 4.78 is 44.0. The molecule has 3 aromatic carbocycles. The van der Waals surface area contributed by atoms with Crippen LogP contribution in [0.5, 0.6) is 17.2 Å². The van der Waals surface area contributed by atoms with Crippen molar-refractivity contribution in [2.24, 2.45) is 0 Å². The van der Waals surface area contributed by atoms with Crippen molar-refractivity contribution >= 4 is 48.3 Å². The maximum Gasteiger partial charge on any atom is 0.227 e. The zero-order valence-electron chi connectivity index (χ0n) is 18.0. The van der Waals surface area contributed by atoms with Crippen molar-refractivity contribution in [1.82, 2.24) is 9.97 Å². The summed E-state index contributed by atoms with van der Waals surface area (Å²) in [6.07, 6.45) is 0. The molecule has 10 heteroatoms. The fourth-order valence-corrected chi connectivity index (χ4v) is 4.82. The van der Waals surface area contributed by atoms with Crippen molar-refractivity contribution in [3.05, 3.63) is 65.1 Å². The number of hydrogen-bond acceptors (Lipinski definition) is 8. The van der Waals surface area contributed by atoms with Crippen molar-refractivity contribution in [3.8, 4) is 17.2 Å². The molecule has 1 heterocycles. The Bertz CT molecular complexity index is 1400. The second kappa shape index (κ2) is 9.24. The zero-order chi connectivity index (χ0) is 23.6. The number of benzene rings is 3. The molecule has 0 aliphatic rings. The lowest BCUT2D eigenvalue weighted by atomic mass is 10.2. The van der Waals surface area contributed by atoms with Gasteiger partial charge in [0.2, 0.25) is 20.6 Å². The fraction of sp³-hybridized carbons (Fsp3) is 0.130. The van der Waals surface area contributed by atoms with Crippen LogP contribution in [0.1, 0.15) is 0 Å². The highest BCUT2D eigenvalue weighted by Gasteiger charge is 2.26. The highest BCUT2D eigenvalue weighted by atomic mass is 79.9. The number of anilines is 2. The first-order chi connectivity index (χ1) is 15.9. The van der Waals surface area contributed by atoms with Crippen LogP contribution in [0, 0.1) is 0 Å². The Morgan fingerprint density at radius 1 is 0.818 bits per heavy atom. The van der Waals surface area contributed by atoms with Crippen LogP contribution in [-0.4, -0.2) is 39.7 Å². The molecule has 1 aromatic heterocycles. The number of para-hydroxylation sites is 2. The molecule has 0 radical (unpaired) electrons. The molecular weight excluding hydrogens is 510 g/mol. The summed E-state index contributed by atoms with van der Waals surface area (Å²) in [6.45, 7) is 0. The van der Waals surface area contributed by atoms with E-state index < -0.39 is 9.84 Å². The molecule has 0 unspecified atom stereocenters. The molecule has 0 bridgehead atoms. The number of ether oxygens (including phenoxy) is 3. The van der Waals surface area contributed by atoms with E-state index in [1.165, 1.54) is 33.5 Å². The minimum absolute atomic E-state index is 0.0749. The summed E-state index contributed by atoms with van der Waals surface area (Å²) in [5.41, 5.74) is 1.49. The Morgan fingerprint density at radius 2 is 1.39 bits per heavy atom. The highest BCUT2D eigenvalue weighted by molar-refractivity contribution is 9.10. The van der Waals surface area contributed by atoms with Crippen molar-refractivity contribution in [3.63, 3.8) is 0 Å². The van der Waals surface area contributed by atoms with Gasteiger partial charge in [0.15, 0.2) is 17.3 Å². The van der Waals surface area contributed by atoms with Gasteiger partial charge in [-0.25, -0.2) is 18.4 Å². The molecule has 170 valence electrons. The van der Waals surface area contributed by atoms with E-state index in [-0.39, 0.29) is 15.7 Å². The van der Waals surface area contributed by atoms with Gasteiger partial charge in [-0.3, -0.25) is 0 Å². The van der Waals surface area contributed by atoms with Gasteiger partial charge in [0.25, 0.3) is 0 Å². The number of nitrogens with zero attached hydrogens (tertiary/aromatic N) is 2. The first kappa shape index (κ1) is 22.8. The third kappa shape index (κ3) is 4.44. The summed E-state index contributed by atoms with van der Waals surface area (Å²) >= 11 is 3.33. The minimum Gasteiger partial charge on any atom is -0.493 e. The topological polar surface area (TPSA) is 99.6 Å². The average molecular weight is 530 g/mol. The maximum atomic E-state index is 13.5. The van der Waals surface area contributed by atoms with Gasteiger partial charge in [-0.05, 0) is 36.4 Å². The summed E-state index contributed by atoms with van der Waals surface area (Å²) in [6, 6.07) is 16.7. The Morgan fingerprint density at radius 3 is 1.94 bits per heavy atom. The van der Waals surface area contributed by atoms with Gasteiger partial charge in [-0.15, -0.1) is 0 Å². The van der Waals surface area contributed by atoms with Crippen LogP contribution in [0.2, 0.25) is 0 Å². The van der Waals surface area contributed by atoms with Gasteiger partial charge in [0.1, 0.15) is 0 Å². The smallest absolute Gasteiger partial charge is 0.227 e. The van der Waals surface area contributed by atoms with Crippen LogP contribution in [-0.2, 0) is 9.84 Å². The fourth-order valence-electron chi connectivity index (χ4n) is 3.27. The number of fused-ring (bicyclic) bond motifs is 1. The lowest BCUT2D eigenvalue weighted by Gasteiger charge is -2.16. The van der Waals surface area contributed by atoms with Crippen molar-refractivity contribution < 1.29 is 22.6 Å². The monoisotopic (exact) mass is 529 g/mol. The number of methoxy groups -OCH3 is 3. The molecule has 0 saturated heterocycles. The lowest BCUT2D eigenvalue weighted by Crippen LogP contribution is -2.10. The SMILES string of the molecule is COc1cc(Nc2nc3ccccc3nc2S(=O)(=O)c2ccc(Br)cc2)cc(OC)c1OC. The molecule has 33 heavy (non-hydrogen) atoms. The van der Waals surface area contributed by atoms with E-state index in [9.17, 15) is 8.42 Å². The van der Waals surface area contributed by atoms with Gasteiger partial charge in [-0.2, -0.15) is 0 Å². The molecule has 4 aromatic rings. The highest BCUT2D eigenvalue weighted by Crippen LogP contribution is 2.41. The standard InChI is InChI=1S/C23H20BrN3O5S/c1-30-19-12-15(13-20(31-2)21(19)32-3)25-22-23(27-18-7-5-4-6-17(18)26-22)33(28,29)16-10-8-14(24)9-11-16/h4-13H,1-3H3,(H,25,26). The number of sulfone groups is 1. The van der Waals surface area contributed by atoms with Gasteiger partial charge in [0, 0.05) is 22.3 Å². The van der Waals surface area contributed by atoms with Crippen LogP contribution in [0.3, 0.4) is 0 Å². The van der Waals surface area contributed by atoms with Crippen molar-refractivity contribution in [2.45, 2.75) is 9.92 Å². The number of rotatable bonds is 7. The number of aromatic nitrogens is 2. The van der Waals surface area contributed by atoms with E-state index in [1.807, 2.05) is 6.07 Å². The number of halogens is 1. The van der Waals surface area contributed by atoms with E-state index in [1.54, 1.807) is 42.5 Å². The maximum absolute atomic E-state index is 13.5. The van der Waals surface area contributed by atoms with Crippen LogP contribution in [0.4, 0.5) is 11.5 Å². The van der Waals surface area contributed by atoms with E-state index in [0.29, 0.717) is 34.0 Å². The van der Waals surface area contributed by atoms with E-state index >= 15 is 0 Å². The normalized spacial score (nSPS) is 11.3. The molecule has 0 atom stereocenters. The molecule has 0 aliphatic heterocycles. The van der Waals surface area contributed by atoms with Gasteiger partial charge in [-0.1, -0.05) is 28.1 Å². The third-order valence-electron chi connectivity index (χ3n) is 4.84. The quantitative estimate of drug-likeness (QED) is 0.357. The molecule has 0 saturated carbocycles. The summed E-state index contributed by atoms with van der Waals surface area (Å²) in [5, 5.41) is 2.88. The molecule has 0 spiro atoms. The zero-order valence-corrected chi connectivity index (χ0v) is 20.4. The second-order valence-electron chi connectivity index (χ2n) is 6.86. The summed E-state index contributed by atoms with van der Waals surface area (Å²) in [5.74, 6) is 1.31. The second-order valence-corrected chi connectivity index (χ2v) is 9.64. The number of hydrogen-bond donors (Lipinski definition) is 1. The molecular formula is C23H20BrN3O5S. The first-order valence-electron chi connectivity index (χ1n) is 9.72. The molecule has 8 nitrogen and oxygen atoms in total. The largest absolute Gasteiger partial charge is 0.493 e.